The summed E-state index contributed by atoms with van der Waals surface area (Å²) >= 11 is 0. The van der Waals surface area contributed by atoms with Crippen LogP contribution in [0.4, 0.5) is 39.8 Å². The molecule has 0 saturated carbocycles. The van der Waals surface area contributed by atoms with E-state index in [2.05, 4.69) is 30.4 Å². The van der Waals surface area contributed by atoms with Crippen molar-refractivity contribution in [3.05, 3.63) is 66.7 Å². The zero-order valence-electron chi connectivity index (χ0n) is 31.9. The zero-order chi connectivity index (χ0) is 41.1. The second-order valence-electron chi connectivity index (χ2n) is 11.5. The van der Waals surface area contributed by atoms with Gasteiger partial charge in [-0.25, -0.2) is 0 Å². The number of nitrogen functional groups attached to an aromatic ring is 1. The smallest absolute Gasteiger partial charge is 0.862 e. The number of azo groups is 2. The Morgan fingerprint density at radius 3 is 1.55 bits per heavy atom. The first-order chi connectivity index (χ1) is 26.4. The van der Waals surface area contributed by atoms with E-state index < -0.39 is 64.0 Å². The second-order valence-corrected chi connectivity index (χ2v) is 14.3. The van der Waals surface area contributed by atoms with Gasteiger partial charge in [0.2, 0.25) is 0 Å². The molecule has 0 fully saturated rings. The van der Waals surface area contributed by atoms with Gasteiger partial charge in [0.25, 0.3) is 20.2 Å². The molecule has 0 amide bonds. The number of hydrogen-bond donors (Lipinski definition) is 4. The van der Waals surface area contributed by atoms with Crippen molar-refractivity contribution in [2.75, 3.05) is 27.1 Å². The van der Waals surface area contributed by atoms with Crippen LogP contribution in [0.3, 0.4) is 0 Å². The molecule has 0 atom stereocenters. The fourth-order valence-corrected chi connectivity index (χ4v) is 6.71. The molecule has 0 aliphatic heterocycles. The maximum absolute atomic E-state index is 12.5. The molecule has 0 unspecified atom stereocenters. The molecule has 5 aromatic rings. The van der Waals surface area contributed by atoms with Gasteiger partial charge in [0.1, 0.15) is 49.8 Å². The minimum absolute atomic E-state index is 0. The number of nitrogens with two attached hydrogens (primary N) is 1. The Bertz CT molecular complexity index is 2740. The van der Waals surface area contributed by atoms with E-state index in [4.69, 9.17) is 19.9 Å². The average Bonchev–Trinajstić information content (AvgIpc) is 3.12. The Kier molecular flexibility index (Phi) is 15.9. The van der Waals surface area contributed by atoms with Gasteiger partial charge in [-0.05, 0) is 85.3 Å². The molecule has 58 heavy (non-hydrogen) atoms. The number of phenolic OH excluding ortho intramolecular Hbond substituents is 1. The number of aromatic hydroxyl groups is 1. The van der Waals surface area contributed by atoms with Gasteiger partial charge in [-0.3, -0.25) is 19.1 Å². The van der Waals surface area contributed by atoms with Gasteiger partial charge < -0.3 is 35.3 Å². The van der Waals surface area contributed by atoms with Crippen molar-refractivity contribution in [1.82, 2.24) is 0 Å². The second kappa shape index (κ2) is 19.4. The summed E-state index contributed by atoms with van der Waals surface area (Å²) in [7, 11) is -6.06. The third-order valence-electron chi connectivity index (χ3n) is 7.81. The van der Waals surface area contributed by atoms with E-state index in [-0.39, 0.29) is 93.3 Å². The van der Waals surface area contributed by atoms with Crippen LogP contribution in [0, 0.1) is 0 Å². The van der Waals surface area contributed by atoms with Crippen molar-refractivity contribution in [2.45, 2.75) is 23.6 Å². The van der Waals surface area contributed by atoms with Gasteiger partial charge in [-0.1, -0.05) is 12.1 Å². The standard InChI is InChI=1S/C35H33N7O12S2.2Na/c1-17(43)37-25-10-11-31(55(46,47)48)21-14-32(56(49,50)51)34(35(45)33(21)25)42-40-24-9-7-20(13-30(24)54-5)19-6-8-23(29(12-19)53-4)39-41-27-16-28(52-3)22(36)15-26(27)38-18(2)44;;/h6-16,45H,36H2,1-5H3,(H,37,43)(H,38,44)(H,46,47,48)(H,49,50,51);;/q;2*+1/p-2. The first-order valence-corrected chi connectivity index (χ1v) is 18.6. The van der Waals surface area contributed by atoms with E-state index in [9.17, 15) is 41.3 Å². The minimum atomic E-state index is -5.22. The van der Waals surface area contributed by atoms with Crippen LogP contribution in [0.15, 0.2) is 107 Å². The number of ether oxygens (including phenoxy) is 3. The molecule has 5 aromatic carbocycles. The Labute approximate surface area is 376 Å². The van der Waals surface area contributed by atoms with Crippen LogP contribution in [-0.4, -0.2) is 64.2 Å². The van der Waals surface area contributed by atoms with Crippen LogP contribution in [0.2, 0.25) is 0 Å². The third kappa shape index (κ3) is 10.7. The number of rotatable bonds is 12. The first kappa shape index (κ1) is 47.7. The molecular weight excluding hydrogens is 821 g/mol. The van der Waals surface area contributed by atoms with Crippen LogP contribution in [0.25, 0.3) is 21.9 Å². The van der Waals surface area contributed by atoms with E-state index in [1.54, 1.807) is 30.3 Å². The average molecular weight is 852 g/mol. The number of benzene rings is 5. The summed E-state index contributed by atoms with van der Waals surface area (Å²) in [6.07, 6.45) is 0. The summed E-state index contributed by atoms with van der Waals surface area (Å²) in [6.45, 7) is 2.35. The summed E-state index contributed by atoms with van der Waals surface area (Å²) in [5.74, 6) is -1.54. The van der Waals surface area contributed by atoms with Crippen LogP contribution in [0.1, 0.15) is 13.8 Å². The molecule has 0 radical (unpaired) electrons. The number of hydrogen-bond acceptors (Lipinski definition) is 17. The van der Waals surface area contributed by atoms with Crippen molar-refractivity contribution in [3.8, 4) is 34.1 Å². The van der Waals surface area contributed by atoms with E-state index in [1.165, 1.54) is 46.5 Å². The van der Waals surface area contributed by atoms with Crippen molar-refractivity contribution in [1.29, 1.82) is 0 Å². The Balaban J connectivity index is 0.00000450. The predicted octanol–water partition coefficient (Wildman–Crippen LogP) is -0.0270. The number of nitrogens with zero attached hydrogens (tertiary/aromatic N) is 6. The fourth-order valence-electron chi connectivity index (χ4n) is 5.38. The van der Waals surface area contributed by atoms with Gasteiger partial charge in [0.15, 0.2) is 5.75 Å². The maximum Gasteiger partial charge on any atom is 1.00 e. The normalized spacial score (nSPS) is 12.4. The molecule has 5 rings (SSSR count). The van der Waals surface area contributed by atoms with Gasteiger partial charge in [0, 0.05) is 11.5 Å². The van der Waals surface area contributed by atoms with Crippen molar-refractivity contribution < 1.29 is 115 Å². The molecule has 0 aliphatic carbocycles. The molecule has 5 N–H and O–H groups in total. The summed E-state index contributed by atoms with van der Waals surface area (Å²) < 4.78 is 85.3. The molecule has 0 heterocycles. The summed E-state index contributed by atoms with van der Waals surface area (Å²) in [6, 6.07) is 15.0. The first-order valence-electron chi connectivity index (χ1n) is 15.8. The van der Waals surface area contributed by atoms with Gasteiger partial charge >= 0.3 is 59.1 Å². The zero-order valence-corrected chi connectivity index (χ0v) is 37.6. The largest absolute Gasteiger partial charge is 1.00 e. The fraction of sp³-hybridized carbons (Fsp3) is 0.143. The molecule has 0 bridgehead atoms. The number of aliphatic imine (C=N–C) groups is 2. The maximum atomic E-state index is 12.5. The van der Waals surface area contributed by atoms with Crippen LogP contribution in [0.5, 0.6) is 23.0 Å². The van der Waals surface area contributed by atoms with Crippen LogP contribution >= 0.6 is 0 Å². The third-order valence-corrected chi connectivity index (χ3v) is 9.59. The van der Waals surface area contributed by atoms with Gasteiger partial charge in [-0.2, -0.15) is 16.8 Å². The van der Waals surface area contributed by atoms with E-state index in [0.717, 1.165) is 19.1 Å². The number of anilines is 1. The van der Waals surface area contributed by atoms with Crippen LogP contribution in [-0.2, 0) is 20.2 Å². The van der Waals surface area contributed by atoms with Crippen molar-refractivity contribution in [2.24, 2.45) is 30.4 Å². The molecule has 23 heteroatoms. The molecule has 0 spiro atoms. The number of phenols is 1. The minimum Gasteiger partial charge on any atom is -0.862 e. The number of fused-ring (bicyclic) bond motifs is 1. The Morgan fingerprint density at radius 1 is 0.603 bits per heavy atom. The summed E-state index contributed by atoms with van der Waals surface area (Å²) in [5.41, 5.74) is 7.00. The number of methoxy groups -OCH3 is 3. The molecular formula is C35H31N7Na2O12S2. The van der Waals surface area contributed by atoms with E-state index in [0.29, 0.717) is 34.4 Å². The van der Waals surface area contributed by atoms with Crippen LogP contribution < -0.4 is 89.3 Å². The predicted molar refractivity (Wildman–Crippen MR) is 202 cm³/mol. The SMILES string of the molecule is COc1cc(N=Nc2ccc(-c3ccc(N=Nc4c(S(=O)(=O)O)cc5c(S(=O)(=O)O)ccc(N=C(C)[O-])c5c4O)c(OC)c3)cc2OC)c(N=C(C)[O-])cc1N.[Na+].[Na+]. The monoisotopic (exact) mass is 851 g/mol. The summed E-state index contributed by atoms with van der Waals surface area (Å²) in [5, 5.41) is 50.2. The molecule has 0 saturated heterocycles. The van der Waals surface area contributed by atoms with Gasteiger partial charge in [0.05, 0.1) is 43.8 Å². The molecule has 292 valence electrons. The Hall–Kier alpha value is -4.68. The van der Waals surface area contributed by atoms with Crippen molar-refractivity contribution >= 4 is 82.6 Å². The van der Waals surface area contributed by atoms with Crippen molar-refractivity contribution in [3.63, 3.8) is 0 Å². The van der Waals surface area contributed by atoms with Gasteiger partial charge in [-0.15, -0.1) is 20.5 Å². The van der Waals surface area contributed by atoms with E-state index >= 15 is 0 Å². The quantitative estimate of drug-likeness (QED) is 0.0321. The Morgan fingerprint density at radius 2 is 1.07 bits per heavy atom. The topological polar surface area (TPSA) is 303 Å². The molecule has 19 nitrogen and oxygen atoms in total. The van der Waals surface area contributed by atoms with E-state index in [1.807, 2.05) is 0 Å². The molecule has 0 aromatic heterocycles. The molecule has 0 aliphatic rings. The summed E-state index contributed by atoms with van der Waals surface area (Å²) in [4.78, 5) is 5.74.